The third kappa shape index (κ3) is 4.61. The highest BCUT2D eigenvalue weighted by atomic mass is 32.2. The largest absolute Gasteiger partial charge is 0.390 e. The van der Waals surface area contributed by atoms with Gasteiger partial charge in [-0.3, -0.25) is 0 Å². The van der Waals surface area contributed by atoms with Crippen molar-refractivity contribution in [3.63, 3.8) is 0 Å². The van der Waals surface area contributed by atoms with E-state index in [1.165, 1.54) is 12.3 Å². The van der Waals surface area contributed by atoms with Crippen LogP contribution in [-0.4, -0.2) is 24.1 Å². The summed E-state index contributed by atoms with van der Waals surface area (Å²) >= 11 is 0. The monoisotopic (exact) mass is 302 g/mol. The SMILES string of the molecule is CCCCC(CCC)NS(=O)(=O)c1cc(CO)n(C)c1. The molecule has 116 valence electrons. The fourth-order valence-corrected chi connectivity index (χ4v) is 3.63. The van der Waals surface area contributed by atoms with Crippen LogP contribution in [0.2, 0.25) is 0 Å². The standard InChI is InChI=1S/C14H26N2O3S/c1-4-6-8-12(7-5-2)15-20(18,19)14-9-13(11-17)16(3)10-14/h9-10,12,15,17H,4-8,11H2,1-3H3. The minimum absolute atomic E-state index is 0.0114. The second-order valence-corrected chi connectivity index (χ2v) is 6.90. The zero-order valence-corrected chi connectivity index (χ0v) is 13.4. The lowest BCUT2D eigenvalue weighted by Crippen LogP contribution is -2.34. The van der Waals surface area contributed by atoms with Crippen molar-refractivity contribution in [3.8, 4) is 0 Å². The van der Waals surface area contributed by atoms with Crippen LogP contribution in [0.15, 0.2) is 17.2 Å². The normalized spacial score (nSPS) is 13.6. The molecule has 1 aromatic heterocycles. The molecule has 0 aliphatic heterocycles. The highest BCUT2D eigenvalue weighted by Gasteiger charge is 2.21. The summed E-state index contributed by atoms with van der Waals surface area (Å²) in [7, 11) is -1.78. The van der Waals surface area contributed by atoms with Crippen LogP contribution < -0.4 is 4.72 Å². The van der Waals surface area contributed by atoms with Crippen LogP contribution in [0.4, 0.5) is 0 Å². The Labute approximate surface area is 122 Å². The first-order valence-corrected chi connectivity index (χ1v) is 8.71. The second kappa shape index (κ2) is 7.81. The van der Waals surface area contributed by atoms with Gasteiger partial charge in [0.05, 0.1) is 11.5 Å². The molecule has 1 heterocycles. The predicted molar refractivity (Wildman–Crippen MR) is 79.9 cm³/mol. The molecular formula is C14H26N2O3S. The van der Waals surface area contributed by atoms with Gasteiger partial charge in [-0.2, -0.15) is 0 Å². The molecule has 0 bridgehead atoms. The Morgan fingerprint density at radius 3 is 2.50 bits per heavy atom. The summed E-state index contributed by atoms with van der Waals surface area (Å²) in [5, 5.41) is 9.14. The van der Waals surface area contributed by atoms with Crippen LogP contribution in [0.5, 0.6) is 0 Å². The molecule has 0 spiro atoms. The fourth-order valence-electron chi connectivity index (χ4n) is 2.23. The van der Waals surface area contributed by atoms with Crippen molar-refractivity contribution in [2.24, 2.45) is 7.05 Å². The number of unbranched alkanes of at least 4 members (excludes halogenated alkanes) is 1. The molecule has 0 aromatic carbocycles. The fraction of sp³-hybridized carbons (Fsp3) is 0.714. The first-order valence-electron chi connectivity index (χ1n) is 7.23. The summed E-state index contributed by atoms with van der Waals surface area (Å²) in [6.07, 6.45) is 6.28. The van der Waals surface area contributed by atoms with Crippen LogP contribution in [0.25, 0.3) is 0 Å². The van der Waals surface area contributed by atoms with E-state index >= 15 is 0 Å². The van der Waals surface area contributed by atoms with Crippen molar-refractivity contribution in [1.82, 2.24) is 9.29 Å². The third-order valence-electron chi connectivity index (χ3n) is 3.42. The second-order valence-electron chi connectivity index (χ2n) is 5.19. The first-order chi connectivity index (χ1) is 9.44. The van der Waals surface area contributed by atoms with E-state index < -0.39 is 10.0 Å². The van der Waals surface area contributed by atoms with Crippen molar-refractivity contribution < 1.29 is 13.5 Å². The molecule has 0 radical (unpaired) electrons. The maximum atomic E-state index is 12.4. The number of hydrogen-bond donors (Lipinski definition) is 2. The van der Waals surface area contributed by atoms with Gasteiger partial charge in [0.25, 0.3) is 0 Å². The van der Waals surface area contributed by atoms with E-state index in [0.29, 0.717) is 5.69 Å². The number of rotatable bonds is 9. The van der Waals surface area contributed by atoms with Crippen molar-refractivity contribution in [3.05, 3.63) is 18.0 Å². The molecule has 1 aromatic rings. The van der Waals surface area contributed by atoms with Gasteiger partial charge < -0.3 is 9.67 Å². The Balaban J connectivity index is 2.85. The van der Waals surface area contributed by atoms with Crippen LogP contribution in [0.3, 0.4) is 0 Å². The van der Waals surface area contributed by atoms with Gasteiger partial charge in [-0.25, -0.2) is 13.1 Å². The van der Waals surface area contributed by atoms with Gasteiger partial charge in [-0.15, -0.1) is 0 Å². The van der Waals surface area contributed by atoms with Crippen molar-refractivity contribution in [1.29, 1.82) is 0 Å². The molecular weight excluding hydrogens is 276 g/mol. The number of aryl methyl sites for hydroxylation is 1. The summed E-state index contributed by atoms with van der Waals surface area (Å²) in [5.74, 6) is 0. The van der Waals surface area contributed by atoms with E-state index in [1.807, 2.05) is 0 Å². The van der Waals surface area contributed by atoms with Crippen molar-refractivity contribution in [2.45, 2.75) is 63.5 Å². The van der Waals surface area contributed by atoms with Gasteiger partial charge in [0.1, 0.15) is 0 Å². The van der Waals surface area contributed by atoms with Gasteiger partial charge in [0.15, 0.2) is 0 Å². The van der Waals surface area contributed by atoms with Gasteiger partial charge in [-0.05, 0) is 18.9 Å². The van der Waals surface area contributed by atoms with Gasteiger partial charge >= 0.3 is 0 Å². The molecule has 0 fully saturated rings. The Morgan fingerprint density at radius 1 is 1.30 bits per heavy atom. The molecule has 1 atom stereocenters. The van der Waals surface area contributed by atoms with E-state index in [-0.39, 0.29) is 17.5 Å². The molecule has 0 saturated carbocycles. The van der Waals surface area contributed by atoms with Crippen LogP contribution >= 0.6 is 0 Å². The predicted octanol–water partition coefficient (Wildman–Crippen LogP) is 2.15. The number of aliphatic hydroxyl groups excluding tert-OH is 1. The summed E-state index contributed by atoms with van der Waals surface area (Å²) in [5.41, 5.74) is 0.589. The van der Waals surface area contributed by atoms with E-state index in [1.54, 1.807) is 11.6 Å². The lowest BCUT2D eigenvalue weighted by atomic mass is 10.1. The number of sulfonamides is 1. The highest BCUT2D eigenvalue weighted by molar-refractivity contribution is 7.89. The van der Waals surface area contributed by atoms with Crippen molar-refractivity contribution >= 4 is 10.0 Å². The number of aliphatic hydroxyl groups is 1. The van der Waals surface area contributed by atoms with Gasteiger partial charge in [0.2, 0.25) is 10.0 Å². The number of nitrogens with zero attached hydrogens (tertiary/aromatic N) is 1. The molecule has 0 aliphatic carbocycles. The van der Waals surface area contributed by atoms with E-state index in [2.05, 4.69) is 18.6 Å². The van der Waals surface area contributed by atoms with Crippen molar-refractivity contribution in [2.75, 3.05) is 0 Å². The Kier molecular flexibility index (Phi) is 6.71. The zero-order valence-electron chi connectivity index (χ0n) is 12.6. The van der Waals surface area contributed by atoms with Crippen LogP contribution in [0.1, 0.15) is 51.6 Å². The maximum Gasteiger partial charge on any atom is 0.242 e. The number of nitrogens with one attached hydrogen (secondary N) is 1. The molecule has 2 N–H and O–H groups in total. The molecule has 0 amide bonds. The molecule has 1 rings (SSSR count). The van der Waals surface area contributed by atoms with Crippen LogP contribution in [-0.2, 0) is 23.7 Å². The summed E-state index contributed by atoms with van der Waals surface area (Å²) in [4.78, 5) is 0.224. The Hall–Kier alpha value is -0.850. The molecule has 5 nitrogen and oxygen atoms in total. The number of hydrogen-bond acceptors (Lipinski definition) is 3. The van der Waals surface area contributed by atoms with E-state index in [4.69, 9.17) is 5.11 Å². The molecule has 1 unspecified atom stereocenters. The topological polar surface area (TPSA) is 71.3 Å². The van der Waals surface area contributed by atoms with Gasteiger partial charge in [0, 0.05) is 25.0 Å². The summed E-state index contributed by atoms with van der Waals surface area (Å²) < 4.78 is 29.1. The van der Waals surface area contributed by atoms with Gasteiger partial charge in [-0.1, -0.05) is 33.1 Å². The minimum atomic E-state index is -3.51. The maximum absolute atomic E-state index is 12.4. The lowest BCUT2D eigenvalue weighted by Gasteiger charge is -2.17. The third-order valence-corrected chi connectivity index (χ3v) is 4.91. The first kappa shape index (κ1) is 17.2. The smallest absolute Gasteiger partial charge is 0.242 e. The van der Waals surface area contributed by atoms with E-state index in [9.17, 15) is 8.42 Å². The Morgan fingerprint density at radius 2 is 2.00 bits per heavy atom. The lowest BCUT2D eigenvalue weighted by molar-refractivity contribution is 0.272. The van der Waals surface area contributed by atoms with Crippen LogP contribution in [0, 0.1) is 0 Å². The molecule has 0 saturated heterocycles. The van der Waals surface area contributed by atoms with E-state index in [0.717, 1.165) is 32.1 Å². The quantitative estimate of drug-likeness (QED) is 0.734. The average molecular weight is 302 g/mol. The summed E-state index contributed by atoms with van der Waals surface area (Å²) in [6.45, 7) is 3.99. The average Bonchev–Trinajstić information content (AvgIpc) is 2.78. The summed E-state index contributed by atoms with van der Waals surface area (Å²) in [6, 6.07) is 1.51. The Bertz CT molecular complexity index is 508. The highest BCUT2D eigenvalue weighted by Crippen LogP contribution is 2.16. The molecule has 20 heavy (non-hydrogen) atoms. The minimum Gasteiger partial charge on any atom is -0.390 e. The molecule has 6 heteroatoms. The molecule has 0 aliphatic rings. The zero-order chi connectivity index (χ0) is 15.2. The number of aromatic nitrogens is 1.